The Hall–Kier alpha value is -0.760. The second-order valence-corrected chi connectivity index (χ2v) is 4.64. The van der Waals surface area contributed by atoms with Crippen molar-refractivity contribution in [2.24, 2.45) is 0 Å². The summed E-state index contributed by atoms with van der Waals surface area (Å²) in [6.45, 7) is 0. The summed E-state index contributed by atoms with van der Waals surface area (Å²) in [7, 11) is 0. The molecule has 3 nitrogen and oxygen atoms in total. The lowest BCUT2D eigenvalue weighted by atomic mass is 10.3. The molecule has 0 aliphatic rings. The summed E-state index contributed by atoms with van der Waals surface area (Å²) < 4.78 is 36.8. The van der Waals surface area contributed by atoms with Crippen molar-refractivity contribution in [3.63, 3.8) is 0 Å². The molecule has 0 radical (unpaired) electrons. The first-order valence-electron chi connectivity index (χ1n) is 3.71. The second kappa shape index (κ2) is 3.67. The van der Waals surface area contributed by atoms with Crippen molar-refractivity contribution < 1.29 is 13.2 Å². The first-order chi connectivity index (χ1) is 6.96. The summed E-state index contributed by atoms with van der Waals surface area (Å²) in [5.74, 6) is 0. The summed E-state index contributed by atoms with van der Waals surface area (Å²) in [6, 6.07) is 2.70. The number of rotatable bonds is 1. The van der Waals surface area contributed by atoms with Gasteiger partial charge in [0.05, 0.1) is 0 Å². The van der Waals surface area contributed by atoms with E-state index in [9.17, 15) is 13.2 Å². The van der Waals surface area contributed by atoms with Gasteiger partial charge in [-0.2, -0.15) is 28.6 Å². The highest BCUT2D eigenvalue weighted by Gasteiger charge is 2.29. The van der Waals surface area contributed by atoms with Gasteiger partial charge in [0.15, 0.2) is 0 Å². The summed E-state index contributed by atoms with van der Waals surface area (Å²) >= 11 is 2.95. The number of H-pyrrole nitrogens is 1. The lowest BCUT2D eigenvalue weighted by Crippen LogP contribution is -1.98. The highest BCUT2D eigenvalue weighted by atomic mass is 79.9. The summed E-state index contributed by atoms with van der Waals surface area (Å²) in [4.78, 5) is 0.0794. The predicted molar refractivity (Wildman–Crippen MR) is 53.5 cm³/mol. The molecular formula is C7H3BrF3N3S. The van der Waals surface area contributed by atoms with Crippen LogP contribution in [0.1, 0.15) is 0 Å². The lowest BCUT2D eigenvalue weighted by Gasteiger charge is -2.05. The third kappa shape index (κ3) is 2.43. The zero-order valence-electron chi connectivity index (χ0n) is 6.97. The molecule has 1 N–H and O–H groups in total. The lowest BCUT2D eigenvalue weighted by molar-refractivity contribution is -0.0328. The van der Waals surface area contributed by atoms with Gasteiger partial charge in [0.2, 0.25) is 0 Å². The SMILES string of the molecule is FC(F)(F)Sc1cc(Br)c2n[nH]nc2c1. The van der Waals surface area contributed by atoms with Gasteiger partial charge in [-0.05, 0) is 39.8 Å². The third-order valence-corrected chi connectivity index (χ3v) is 2.89. The molecule has 0 spiro atoms. The first-order valence-corrected chi connectivity index (χ1v) is 5.32. The molecule has 15 heavy (non-hydrogen) atoms. The van der Waals surface area contributed by atoms with Crippen LogP contribution in [0.3, 0.4) is 0 Å². The smallest absolute Gasteiger partial charge is 0.197 e. The van der Waals surface area contributed by atoms with Crippen LogP contribution in [0, 0.1) is 0 Å². The highest BCUT2D eigenvalue weighted by molar-refractivity contribution is 9.10. The molecule has 8 heteroatoms. The van der Waals surface area contributed by atoms with Crippen molar-refractivity contribution in [1.29, 1.82) is 0 Å². The molecule has 0 aliphatic carbocycles. The van der Waals surface area contributed by atoms with Gasteiger partial charge >= 0.3 is 5.51 Å². The van der Waals surface area contributed by atoms with E-state index in [1.165, 1.54) is 12.1 Å². The van der Waals surface area contributed by atoms with Crippen molar-refractivity contribution in [3.8, 4) is 0 Å². The van der Waals surface area contributed by atoms with Crippen LogP contribution in [0.4, 0.5) is 13.2 Å². The third-order valence-electron chi connectivity index (χ3n) is 1.58. The van der Waals surface area contributed by atoms with Gasteiger partial charge in [-0.15, -0.1) is 0 Å². The minimum atomic E-state index is -4.29. The Bertz CT molecular complexity index is 496. The zero-order valence-corrected chi connectivity index (χ0v) is 9.37. The maximum absolute atomic E-state index is 12.1. The number of hydrogen-bond donors (Lipinski definition) is 1. The fourth-order valence-electron chi connectivity index (χ4n) is 1.08. The van der Waals surface area contributed by atoms with E-state index in [0.717, 1.165) is 0 Å². The van der Waals surface area contributed by atoms with Crippen LogP contribution < -0.4 is 0 Å². The summed E-state index contributed by atoms with van der Waals surface area (Å²) in [5.41, 5.74) is -3.38. The topological polar surface area (TPSA) is 41.6 Å². The van der Waals surface area contributed by atoms with Gasteiger partial charge in [-0.1, -0.05) is 0 Å². The molecule has 1 aromatic heterocycles. The van der Waals surface area contributed by atoms with E-state index in [-0.39, 0.29) is 16.7 Å². The Morgan fingerprint density at radius 2 is 2.00 bits per heavy atom. The molecule has 2 rings (SSSR count). The van der Waals surface area contributed by atoms with E-state index in [4.69, 9.17) is 0 Å². The average Bonchev–Trinajstić information content (AvgIpc) is 2.48. The quantitative estimate of drug-likeness (QED) is 0.821. The fraction of sp³-hybridized carbons (Fsp3) is 0.143. The van der Waals surface area contributed by atoms with E-state index >= 15 is 0 Å². The Morgan fingerprint density at radius 1 is 1.27 bits per heavy atom. The number of alkyl halides is 3. The molecular weight excluding hydrogens is 295 g/mol. The predicted octanol–water partition coefficient (Wildman–Crippen LogP) is 3.33. The maximum atomic E-state index is 12.1. The molecule has 0 unspecified atom stereocenters. The normalized spacial score (nSPS) is 12.3. The Morgan fingerprint density at radius 3 is 2.67 bits per heavy atom. The van der Waals surface area contributed by atoms with Gasteiger partial charge in [0.1, 0.15) is 11.0 Å². The number of aromatic amines is 1. The van der Waals surface area contributed by atoms with Crippen LogP contribution in [0.2, 0.25) is 0 Å². The molecule has 2 aromatic rings. The number of benzene rings is 1. The molecule has 80 valence electrons. The van der Waals surface area contributed by atoms with Crippen LogP contribution >= 0.6 is 27.7 Å². The van der Waals surface area contributed by atoms with Crippen LogP contribution in [0.15, 0.2) is 21.5 Å². The molecule has 0 bridgehead atoms. The molecule has 0 saturated heterocycles. The van der Waals surface area contributed by atoms with Gasteiger partial charge in [0.25, 0.3) is 0 Å². The largest absolute Gasteiger partial charge is 0.446 e. The van der Waals surface area contributed by atoms with Crippen molar-refractivity contribution in [1.82, 2.24) is 15.4 Å². The number of hydrogen-bond acceptors (Lipinski definition) is 3. The summed E-state index contributed by atoms with van der Waals surface area (Å²) in [6.07, 6.45) is 0. The molecule has 1 heterocycles. The molecule has 1 aromatic carbocycles. The Labute approximate surface area is 94.6 Å². The molecule has 0 amide bonds. The average molecular weight is 298 g/mol. The number of fused-ring (bicyclic) bond motifs is 1. The van der Waals surface area contributed by atoms with E-state index in [1.807, 2.05) is 0 Å². The highest BCUT2D eigenvalue weighted by Crippen LogP contribution is 2.39. The van der Waals surface area contributed by atoms with Gasteiger partial charge in [-0.3, -0.25) is 0 Å². The summed E-state index contributed by atoms with van der Waals surface area (Å²) in [5, 5.41) is 9.85. The standard InChI is InChI=1S/C7H3BrF3N3S/c8-4-1-3(15-7(9,10)11)2-5-6(4)13-14-12-5/h1-2H,(H,12,13,14). The molecule has 0 fully saturated rings. The fourth-order valence-corrected chi connectivity index (χ4v) is 2.38. The number of nitrogens with zero attached hydrogens (tertiary/aromatic N) is 2. The second-order valence-electron chi connectivity index (χ2n) is 2.64. The van der Waals surface area contributed by atoms with Crippen LogP contribution in [0.25, 0.3) is 11.0 Å². The van der Waals surface area contributed by atoms with Gasteiger partial charge in [0, 0.05) is 9.37 Å². The van der Waals surface area contributed by atoms with Crippen LogP contribution in [-0.2, 0) is 0 Å². The number of aromatic nitrogens is 3. The Kier molecular flexibility index (Phi) is 2.63. The van der Waals surface area contributed by atoms with Crippen molar-refractivity contribution >= 4 is 38.7 Å². The van der Waals surface area contributed by atoms with Crippen LogP contribution in [0.5, 0.6) is 0 Å². The van der Waals surface area contributed by atoms with Crippen molar-refractivity contribution in [2.75, 3.05) is 0 Å². The minimum Gasteiger partial charge on any atom is -0.197 e. The van der Waals surface area contributed by atoms with Crippen molar-refractivity contribution in [2.45, 2.75) is 10.4 Å². The van der Waals surface area contributed by atoms with Gasteiger partial charge in [-0.25, -0.2) is 0 Å². The van der Waals surface area contributed by atoms with E-state index < -0.39 is 5.51 Å². The van der Waals surface area contributed by atoms with Crippen LogP contribution in [-0.4, -0.2) is 20.9 Å². The number of halogens is 4. The molecule has 0 aliphatic heterocycles. The zero-order chi connectivity index (χ0) is 11.1. The number of thioether (sulfide) groups is 1. The molecule has 0 atom stereocenters. The first kappa shape index (κ1) is 10.7. The van der Waals surface area contributed by atoms with E-state index in [2.05, 4.69) is 31.3 Å². The van der Waals surface area contributed by atoms with E-state index in [1.54, 1.807) is 0 Å². The maximum Gasteiger partial charge on any atom is 0.446 e. The van der Waals surface area contributed by atoms with Crippen molar-refractivity contribution in [3.05, 3.63) is 16.6 Å². The molecule has 0 saturated carbocycles. The number of nitrogens with one attached hydrogen (secondary N) is 1. The Balaban J connectivity index is 2.45. The minimum absolute atomic E-state index is 0.0794. The monoisotopic (exact) mass is 297 g/mol. The van der Waals surface area contributed by atoms with Gasteiger partial charge < -0.3 is 0 Å². The van der Waals surface area contributed by atoms with E-state index in [0.29, 0.717) is 15.5 Å².